The summed E-state index contributed by atoms with van der Waals surface area (Å²) in [5.41, 5.74) is 1.02. The first-order valence-corrected chi connectivity index (χ1v) is 9.23. The number of carbonyl (C=O) groups excluding carboxylic acids is 1. The summed E-state index contributed by atoms with van der Waals surface area (Å²) in [6, 6.07) is 6.02. The molecule has 1 aromatic rings. The van der Waals surface area contributed by atoms with Gasteiger partial charge >= 0.3 is 6.03 Å². The Hall–Kier alpha value is -1.62. The molecule has 1 saturated heterocycles. The van der Waals surface area contributed by atoms with E-state index in [1.165, 1.54) is 32.4 Å². The highest BCUT2D eigenvalue weighted by molar-refractivity contribution is 5.74. The highest BCUT2D eigenvalue weighted by atomic mass is 16.2. The lowest BCUT2D eigenvalue weighted by atomic mass is 9.94. The predicted molar refractivity (Wildman–Crippen MR) is 98.0 cm³/mol. The quantitative estimate of drug-likeness (QED) is 0.835. The summed E-state index contributed by atoms with van der Waals surface area (Å²) < 4.78 is 0. The summed E-state index contributed by atoms with van der Waals surface area (Å²) in [7, 11) is 1.86. The van der Waals surface area contributed by atoms with Gasteiger partial charge in [-0.25, -0.2) is 4.79 Å². The maximum atomic E-state index is 12.3. The molecule has 2 rings (SSSR count). The minimum absolute atomic E-state index is 0.00174. The van der Waals surface area contributed by atoms with E-state index in [9.17, 15) is 4.79 Å². The van der Waals surface area contributed by atoms with Crippen molar-refractivity contribution in [2.45, 2.75) is 45.6 Å². The van der Waals surface area contributed by atoms with Gasteiger partial charge in [0.05, 0.1) is 0 Å². The van der Waals surface area contributed by atoms with E-state index >= 15 is 0 Å². The fourth-order valence-corrected chi connectivity index (χ4v) is 3.22. The average Bonchev–Trinajstić information content (AvgIpc) is 2.62. The largest absolute Gasteiger partial charge is 0.337 e. The smallest absolute Gasteiger partial charge is 0.317 e. The molecule has 5 heteroatoms. The zero-order valence-corrected chi connectivity index (χ0v) is 15.4. The molecule has 1 aliphatic rings. The van der Waals surface area contributed by atoms with Gasteiger partial charge in [0.15, 0.2) is 0 Å². The molecule has 0 aromatic carbocycles. The molecular weight excluding hydrogens is 300 g/mol. The van der Waals surface area contributed by atoms with Crippen molar-refractivity contribution in [3.63, 3.8) is 0 Å². The van der Waals surface area contributed by atoms with Crippen LogP contribution in [0.5, 0.6) is 0 Å². The first-order valence-electron chi connectivity index (χ1n) is 9.23. The minimum atomic E-state index is 0.00174. The Morgan fingerprint density at radius 1 is 1.42 bits per heavy atom. The van der Waals surface area contributed by atoms with E-state index in [2.05, 4.69) is 29.0 Å². The monoisotopic (exact) mass is 332 g/mol. The zero-order chi connectivity index (χ0) is 17.4. The van der Waals surface area contributed by atoms with E-state index in [0.717, 1.165) is 31.1 Å². The maximum Gasteiger partial charge on any atom is 0.317 e. The topological polar surface area (TPSA) is 48.5 Å². The molecule has 0 saturated carbocycles. The number of carbonyl (C=O) groups is 1. The molecule has 2 heterocycles. The number of aromatic nitrogens is 1. The number of likely N-dealkylation sites (tertiary alicyclic amines) is 1. The zero-order valence-electron chi connectivity index (χ0n) is 15.4. The lowest BCUT2D eigenvalue weighted by Crippen LogP contribution is -2.46. The molecule has 1 N–H and O–H groups in total. The third-order valence-corrected chi connectivity index (χ3v) is 5.20. The first kappa shape index (κ1) is 18.7. The van der Waals surface area contributed by atoms with Crippen LogP contribution in [0.4, 0.5) is 4.79 Å². The lowest BCUT2D eigenvalue weighted by Gasteiger charge is -2.32. The second-order valence-electron chi connectivity index (χ2n) is 6.91. The molecule has 5 nitrogen and oxygen atoms in total. The summed E-state index contributed by atoms with van der Waals surface area (Å²) in [6.07, 6.45) is 6.46. The van der Waals surface area contributed by atoms with Crippen molar-refractivity contribution in [1.29, 1.82) is 0 Å². The van der Waals surface area contributed by atoms with Crippen molar-refractivity contribution in [3.8, 4) is 0 Å². The standard InChI is InChI=1S/C19H32N4O/c1-4-17-8-12-23(13-9-17)14-11-21-19(24)22(3)16(2)15-18-7-5-6-10-20-18/h5-7,10,16-17H,4,8-9,11-15H2,1-3H3,(H,21,24). The summed E-state index contributed by atoms with van der Waals surface area (Å²) in [6.45, 7) is 8.34. The van der Waals surface area contributed by atoms with Crippen LogP contribution in [0.15, 0.2) is 24.4 Å². The highest BCUT2D eigenvalue weighted by Gasteiger charge is 2.19. The number of piperidine rings is 1. The van der Waals surface area contributed by atoms with Gasteiger partial charge in [-0.1, -0.05) is 19.4 Å². The van der Waals surface area contributed by atoms with Crippen LogP contribution in [0.25, 0.3) is 0 Å². The molecule has 1 atom stereocenters. The van der Waals surface area contributed by atoms with E-state index in [4.69, 9.17) is 0 Å². The Labute approximate surface area is 146 Å². The van der Waals surface area contributed by atoms with Gasteiger partial charge < -0.3 is 15.1 Å². The van der Waals surface area contributed by atoms with Gasteiger partial charge in [0.1, 0.15) is 0 Å². The summed E-state index contributed by atoms with van der Waals surface area (Å²) in [5, 5.41) is 3.05. The second kappa shape index (κ2) is 9.62. The maximum absolute atomic E-state index is 12.3. The molecule has 1 aromatic heterocycles. The minimum Gasteiger partial charge on any atom is -0.337 e. The van der Waals surface area contributed by atoms with Crippen LogP contribution in [0.2, 0.25) is 0 Å². The molecule has 1 fully saturated rings. The molecule has 24 heavy (non-hydrogen) atoms. The third kappa shape index (κ3) is 5.78. The molecule has 0 radical (unpaired) electrons. The van der Waals surface area contributed by atoms with Crippen LogP contribution in [0.1, 0.15) is 38.8 Å². The van der Waals surface area contributed by atoms with E-state index in [0.29, 0.717) is 0 Å². The van der Waals surface area contributed by atoms with Crippen LogP contribution in [0.3, 0.4) is 0 Å². The Balaban J connectivity index is 1.66. The van der Waals surface area contributed by atoms with Gasteiger partial charge in [0, 0.05) is 44.5 Å². The normalized spacial score (nSPS) is 17.5. The van der Waals surface area contributed by atoms with E-state index < -0.39 is 0 Å². The first-order chi connectivity index (χ1) is 11.6. The van der Waals surface area contributed by atoms with Crippen molar-refractivity contribution in [3.05, 3.63) is 30.1 Å². The molecule has 0 aliphatic carbocycles. The van der Waals surface area contributed by atoms with E-state index in [1.54, 1.807) is 11.1 Å². The molecule has 0 bridgehead atoms. The predicted octanol–water partition coefficient (Wildman–Crippen LogP) is 2.78. The van der Waals surface area contributed by atoms with E-state index in [1.807, 2.05) is 25.2 Å². The Morgan fingerprint density at radius 2 is 2.17 bits per heavy atom. The summed E-state index contributed by atoms with van der Waals surface area (Å²) in [4.78, 5) is 20.9. The number of pyridine rings is 1. The number of hydrogen-bond donors (Lipinski definition) is 1. The number of hydrogen-bond acceptors (Lipinski definition) is 3. The summed E-state index contributed by atoms with van der Waals surface area (Å²) in [5.74, 6) is 0.898. The van der Waals surface area contributed by atoms with Gasteiger partial charge in [-0.15, -0.1) is 0 Å². The molecule has 134 valence electrons. The highest BCUT2D eigenvalue weighted by Crippen LogP contribution is 2.19. The van der Waals surface area contributed by atoms with Gasteiger partial charge in [0.2, 0.25) is 0 Å². The number of rotatable bonds is 7. The number of likely N-dealkylation sites (N-methyl/N-ethyl adjacent to an activating group) is 1. The second-order valence-corrected chi connectivity index (χ2v) is 6.91. The third-order valence-electron chi connectivity index (χ3n) is 5.20. The van der Waals surface area contributed by atoms with Crippen molar-refractivity contribution in [2.75, 3.05) is 33.2 Å². The van der Waals surface area contributed by atoms with Crippen LogP contribution in [-0.4, -0.2) is 60.1 Å². The van der Waals surface area contributed by atoms with Crippen molar-refractivity contribution in [1.82, 2.24) is 20.1 Å². The van der Waals surface area contributed by atoms with Crippen LogP contribution < -0.4 is 5.32 Å². The molecule has 0 spiro atoms. The molecular formula is C19H32N4O. The number of nitrogens with one attached hydrogen (secondary N) is 1. The number of urea groups is 1. The van der Waals surface area contributed by atoms with Crippen molar-refractivity contribution < 1.29 is 4.79 Å². The molecule has 1 unspecified atom stereocenters. The van der Waals surface area contributed by atoms with Crippen LogP contribution in [-0.2, 0) is 6.42 Å². The van der Waals surface area contributed by atoms with Gasteiger partial charge in [0.25, 0.3) is 0 Å². The molecule has 1 aliphatic heterocycles. The average molecular weight is 332 g/mol. The Morgan fingerprint density at radius 3 is 2.79 bits per heavy atom. The molecule has 2 amide bonds. The number of nitrogens with zero attached hydrogens (tertiary/aromatic N) is 3. The van der Waals surface area contributed by atoms with E-state index in [-0.39, 0.29) is 12.1 Å². The van der Waals surface area contributed by atoms with Gasteiger partial charge in [-0.05, 0) is 50.9 Å². The lowest BCUT2D eigenvalue weighted by molar-refractivity contribution is 0.173. The van der Waals surface area contributed by atoms with Gasteiger partial charge in [-0.2, -0.15) is 0 Å². The fourth-order valence-electron chi connectivity index (χ4n) is 3.22. The summed E-state index contributed by atoms with van der Waals surface area (Å²) >= 11 is 0. The fraction of sp³-hybridized carbons (Fsp3) is 0.684. The van der Waals surface area contributed by atoms with Crippen LogP contribution >= 0.6 is 0 Å². The van der Waals surface area contributed by atoms with Crippen molar-refractivity contribution >= 4 is 6.03 Å². The SMILES string of the molecule is CCC1CCN(CCNC(=O)N(C)C(C)Cc2ccccn2)CC1. The number of amides is 2. The Kier molecular flexibility index (Phi) is 7.50. The van der Waals surface area contributed by atoms with Crippen molar-refractivity contribution in [2.24, 2.45) is 5.92 Å². The van der Waals surface area contributed by atoms with Crippen LogP contribution in [0, 0.1) is 5.92 Å². The van der Waals surface area contributed by atoms with Gasteiger partial charge in [-0.3, -0.25) is 4.98 Å². The Bertz CT molecular complexity index is 485.